The molecule has 0 aliphatic carbocycles. The Bertz CT molecular complexity index is 700. The van der Waals surface area contributed by atoms with Crippen LogP contribution in [-0.2, 0) is 14.4 Å². The zero-order valence-corrected chi connectivity index (χ0v) is 15.3. The van der Waals surface area contributed by atoms with Gasteiger partial charge >= 0.3 is 11.8 Å². The zero-order chi connectivity index (χ0) is 19.7. The monoisotopic (exact) mass is 365 g/mol. The maximum absolute atomic E-state index is 11.8. The van der Waals surface area contributed by atoms with Crippen LogP contribution in [0, 0.1) is 0 Å². The van der Waals surface area contributed by atoms with Crippen LogP contribution in [0.2, 0.25) is 0 Å². The maximum Gasteiger partial charge on any atom is 0.327 e. The molecule has 9 nitrogen and oxygen atoms in total. The Hall–Kier alpha value is -3.23. The number of hydrazine groups is 1. The molecule has 3 amide bonds. The highest BCUT2D eigenvalue weighted by molar-refractivity contribution is 6.35. The van der Waals surface area contributed by atoms with E-state index in [2.05, 4.69) is 10.7 Å². The lowest BCUT2D eigenvalue weighted by Crippen LogP contribution is -2.49. The van der Waals surface area contributed by atoms with Gasteiger partial charge in [0.25, 0.3) is 5.91 Å². The van der Waals surface area contributed by atoms with E-state index < -0.39 is 17.7 Å². The summed E-state index contributed by atoms with van der Waals surface area (Å²) in [6.07, 6.45) is 2.64. The minimum absolute atomic E-state index is 0.193. The van der Waals surface area contributed by atoms with E-state index in [9.17, 15) is 14.4 Å². The number of methoxy groups -OCH3 is 3. The summed E-state index contributed by atoms with van der Waals surface area (Å²) in [6, 6.07) is 3.06. The van der Waals surface area contributed by atoms with Gasteiger partial charge in [-0.2, -0.15) is 0 Å². The molecule has 0 fully saturated rings. The first kappa shape index (κ1) is 20.8. The number of benzene rings is 1. The van der Waals surface area contributed by atoms with Crippen molar-refractivity contribution < 1.29 is 28.6 Å². The van der Waals surface area contributed by atoms with Crippen LogP contribution in [-0.4, -0.2) is 45.1 Å². The average molecular weight is 365 g/mol. The van der Waals surface area contributed by atoms with Crippen molar-refractivity contribution in [3.63, 3.8) is 0 Å². The number of ether oxygens (including phenoxy) is 3. The van der Waals surface area contributed by atoms with Gasteiger partial charge < -0.3 is 19.5 Å². The Morgan fingerprint density at radius 3 is 2.00 bits per heavy atom. The van der Waals surface area contributed by atoms with Gasteiger partial charge in [0.15, 0.2) is 11.5 Å². The average Bonchev–Trinajstić information content (AvgIpc) is 2.62. The lowest BCUT2D eigenvalue weighted by molar-refractivity contribution is -0.140. The van der Waals surface area contributed by atoms with Crippen LogP contribution in [0.4, 0.5) is 0 Å². The van der Waals surface area contributed by atoms with Crippen molar-refractivity contribution in [2.24, 2.45) is 0 Å². The van der Waals surface area contributed by atoms with Crippen molar-refractivity contribution in [2.45, 2.75) is 19.9 Å². The van der Waals surface area contributed by atoms with E-state index in [1.54, 1.807) is 26.0 Å². The summed E-state index contributed by atoms with van der Waals surface area (Å²) in [5.41, 5.74) is 4.69. The third-order valence-corrected chi connectivity index (χ3v) is 3.08. The van der Waals surface area contributed by atoms with Crippen LogP contribution in [0.1, 0.15) is 19.4 Å². The predicted octanol–water partition coefficient (Wildman–Crippen LogP) is 0.398. The van der Waals surface area contributed by atoms with Gasteiger partial charge in [0.2, 0.25) is 0 Å². The number of nitrogens with one attached hydrogen (secondary N) is 3. The summed E-state index contributed by atoms with van der Waals surface area (Å²) in [5, 5.41) is 2.40. The van der Waals surface area contributed by atoms with Crippen LogP contribution in [0.15, 0.2) is 18.2 Å². The van der Waals surface area contributed by atoms with Crippen LogP contribution in [0.5, 0.6) is 17.2 Å². The van der Waals surface area contributed by atoms with Gasteiger partial charge in [0.05, 0.1) is 21.3 Å². The van der Waals surface area contributed by atoms with Gasteiger partial charge in [0, 0.05) is 23.7 Å². The van der Waals surface area contributed by atoms with E-state index in [0.717, 1.165) is 0 Å². The normalized spacial score (nSPS) is 10.4. The fourth-order valence-electron chi connectivity index (χ4n) is 1.89. The number of carbonyl (C=O) groups excluding carboxylic acids is 3. The molecule has 1 aromatic carbocycles. The molecule has 0 aliphatic heterocycles. The third-order valence-electron chi connectivity index (χ3n) is 3.08. The second kappa shape index (κ2) is 9.92. The first-order chi connectivity index (χ1) is 12.3. The molecule has 9 heteroatoms. The standard InChI is InChI=1S/C17H23N3O6/c1-10(2)18-16(22)17(23)20-19-15(21)7-6-11-8-13(25-4)14(26-5)9-12(11)24-3/h6-10H,1-5H3,(H,18,22)(H,19,21)(H,20,23)/b7-6+. The van der Waals surface area contributed by atoms with E-state index in [1.807, 2.05) is 5.43 Å². The van der Waals surface area contributed by atoms with Crippen molar-refractivity contribution >= 4 is 23.8 Å². The molecule has 1 aromatic rings. The van der Waals surface area contributed by atoms with E-state index in [1.165, 1.54) is 33.5 Å². The molecule has 0 aromatic heterocycles. The second-order valence-electron chi connectivity index (χ2n) is 5.35. The van der Waals surface area contributed by atoms with Crippen LogP contribution >= 0.6 is 0 Å². The van der Waals surface area contributed by atoms with Gasteiger partial charge in [-0.15, -0.1) is 0 Å². The van der Waals surface area contributed by atoms with E-state index in [-0.39, 0.29) is 6.04 Å². The molecule has 3 N–H and O–H groups in total. The minimum Gasteiger partial charge on any atom is -0.496 e. The quantitative estimate of drug-likeness (QED) is 0.382. The highest BCUT2D eigenvalue weighted by Gasteiger charge is 2.14. The van der Waals surface area contributed by atoms with Gasteiger partial charge in [-0.1, -0.05) is 0 Å². The lowest BCUT2D eigenvalue weighted by atomic mass is 10.1. The molecule has 0 saturated heterocycles. The van der Waals surface area contributed by atoms with E-state index >= 15 is 0 Å². The fraction of sp³-hybridized carbons (Fsp3) is 0.353. The molecule has 0 aliphatic rings. The Labute approximate surface area is 151 Å². The molecule has 142 valence electrons. The molecule has 0 saturated carbocycles. The highest BCUT2D eigenvalue weighted by atomic mass is 16.5. The topological polar surface area (TPSA) is 115 Å². The predicted molar refractivity (Wildman–Crippen MR) is 94.7 cm³/mol. The summed E-state index contributed by atoms with van der Waals surface area (Å²) in [6.45, 7) is 3.42. The Kier molecular flexibility index (Phi) is 7.94. The Balaban J connectivity index is 2.76. The van der Waals surface area contributed by atoms with Crippen molar-refractivity contribution in [1.29, 1.82) is 0 Å². The van der Waals surface area contributed by atoms with Gasteiger partial charge in [0.1, 0.15) is 5.75 Å². The highest BCUT2D eigenvalue weighted by Crippen LogP contribution is 2.35. The summed E-state index contributed by atoms with van der Waals surface area (Å²) in [5.74, 6) is -1.03. The van der Waals surface area contributed by atoms with Gasteiger partial charge in [-0.25, -0.2) is 0 Å². The summed E-state index contributed by atoms with van der Waals surface area (Å²) >= 11 is 0. The van der Waals surface area contributed by atoms with Crippen molar-refractivity contribution in [3.05, 3.63) is 23.8 Å². The molecule has 26 heavy (non-hydrogen) atoms. The fourth-order valence-corrected chi connectivity index (χ4v) is 1.89. The van der Waals surface area contributed by atoms with E-state index in [0.29, 0.717) is 22.8 Å². The Morgan fingerprint density at radius 1 is 0.885 bits per heavy atom. The number of hydrogen-bond acceptors (Lipinski definition) is 6. The molecule has 0 atom stereocenters. The maximum atomic E-state index is 11.8. The molecule has 0 unspecified atom stereocenters. The number of hydrogen-bond donors (Lipinski definition) is 3. The third kappa shape index (κ3) is 6.00. The number of carbonyl (C=O) groups is 3. The zero-order valence-electron chi connectivity index (χ0n) is 15.3. The molecular weight excluding hydrogens is 342 g/mol. The van der Waals surface area contributed by atoms with Crippen LogP contribution < -0.4 is 30.4 Å². The molecule has 0 spiro atoms. The minimum atomic E-state index is -0.968. The van der Waals surface area contributed by atoms with E-state index in [4.69, 9.17) is 14.2 Å². The van der Waals surface area contributed by atoms with Crippen molar-refractivity contribution in [1.82, 2.24) is 16.2 Å². The molecule has 0 bridgehead atoms. The first-order valence-electron chi connectivity index (χ1n) is 7.71. The molecule has 1 rings (SSSR count). The Morgan fingerprint density at radius 2 is 1.46 bits per heavy atom. The largest absolute Gasteiger partial charge is 0.496 e. The smallest absolute Gasteiger partial charge is 0.327 e. The number of amides is 3. The molecule has 0 radical (unpaired) electrons. The van der Waals surface area contributed by atoms with Gasteiger partial charge in [-0.3, -0.25) is 25.2 Å². The SMILES string of the molecule is COc1cc(OC)c(OC)cc1/C=C/C(=O)NNC(=O)C(=O)NC(C)C. The van der Waals surface area contributed by atoms with Crippen LogP contribution in [0.25, 0.3) is 6.08 Å². The van der Waals surface area contributed by atoms with Crippen molar-refractivity contribution in [3.8, 4) is 17.2 Å². The summed E-state index contributed by atoms with van der Waals surface area (Å²) in [4.78, 5) is 34.7. The van der Waals surface area contributed by atoms with Crippen LogP contribution in [0.3, 0.4) is 0 Å². The van der Waals surface area contributed by atoms with Gasteiger partial charge in [-0.05, 0) is 26.0 Å². The first-order valence-corrected chi connectivity index (χ1v) is 7.71. The second-order valence-corrected chi connectivity index (χ2v) is 5.35. The lowest BCUT2D eigenvalue weighted by Gasteiger charge is -2.12. The summed E-state index contributed by atoms with van der Waals surface area (Å²) in [7, 11) is 4.47. The molecular formula is C17H23N3O6. The summed E-state index contributed by atoms with van der Waals surface area (Å²) < 4.78 is 15.6. The van der Waals surface area contributed by atoms with Crippen molar-refractivity contribution in [2.75, 3.05) is 21.3 Å². The number of rotatable bonds is 6. The molecule has 0 heterocycles.